The highest BCUT2D eigenvalue weighted by Gasteiger charge is 2.20. The van der Waals surface area contributed by atoms with Gasteiger partial charge in [-0.3, -0.25) is 4.90 Å². The fraction of sp³-hybridized carbons (Fsp3) is 0.412. The average molecular weight is 335 g/mol. The number of rotatable bonds is 7. The van der Waals surface area contributed by atoms with Crippen LogP contribution in [0.15, 0.2) is 42.6 Å². The van der Waals surface area contributed by atoms with Crippen LogP contribution in [0.5, 0.6) is 0 Å². The third kappa shape index (κ3) is 4.67. The maximum atomic E-state index is 12.4. The summed E-state index contributed by atoms with van der Waals surface area (Å²) in [4.78, 5) is 2.02. The van der Waals surface area contributed by atoms with Crippen molar-refractivity contribution < 1.29 is 8.42 Å². The van der Waals surface area contributed by atoms with Gasteiger partial charge in [-0.05, 0) is 44.3 Å². The minimum Gasteiger partial charge on any atom is -0.353 e. The Hall–Kier alpha value is -1.63. The van der Waals surface area contributed by atoms with Crippen molar-refractivity contribution in [1.82, 2.24) is 14.2 Å². The molecule has 1 unspecified atom stereocenters. The van der Waals surface area contributed by atoms with Crippen molar-refractivity contribution in [3.8, 4) is 0 Å². The first kappa shape index (κ1) is 17.7. The molecule has 0 fully saturated rings. The van der Waals surface area contributed by atoms with Gasteiger partial charge in [0.2, 0.25) is 10.0 Å². The van der Waals surface area contributed by atoms with Crippen molar-refractivity contribution in [1.29, 1.82) is 0 Å². The first-order chi connectivity index (χ1) is 10.8. The molecule has 1 aromatic heterocycles. The third-order valence-corrected chi connectivity index (χ3v) is 5.35. The van der Waals surface area contributed by atoms with Gasteiger partial charge in [-0.25, -0.2) is 13.1 Å². The molecule has 1 atom stereocenters. The van der Waals surface area contributed by atoms with Gasteiger partial charge in [-0.1, -0.05) is 24.3 Å². The molecular formula is C17H25N3O2S. The molecule has 6 heteroatoms. The van der Waals surface area contributed by atoms with Crippen LogP contribution in [0.25, 0.3) is 0 Å². The summed E-state index contributed by atoms with van der Waals surface area (Å²) in [5, 5.41) is 0. The molecule has 0 saturated carbocycles. The highest BCUT2D eigenvalue weighted by Crippen LogP contribution is 2.18. The second-order valence-electron chi connectivity index (χ2n) is 6.06. The Balaban J connectivity index is 2.08. The van der Waals surface area contributed by atoms with Gasteiger partial charge in [0.1, 0.15) is 0 Å². The van der Waals surface area contributed by atoms with E-state index in [1.54, 1.807) is 0 Å². The Morgan fingerprint density at radius 1 is 1.17 bits per heavy atom. The van der Waals surface area contributed by atoms with Gasteiger partial charge < -0.3 is 4.57 Å². The summed E-state index contributed by atoms with van der Waals surface area (Å²) in [6, 6.07) is 11.5. The summed E-state index contributed by atoms with van der Waals surface area (Å²) >= 11 is 0. The SMILES string of the molecule is Cc1ccccc1CS(=O)(=O)NCC(c1cccn1C)N(C)C. The summed E-state index contributed by atoms with van der Waals surface area (Å²) in [6.45, 7) is 2.27. The molecule has 0 bridgehead atoms. The maximum Gasteiger partial charge on any atom is 0.215 e. The van der Waals surface area contributed by atoms with Crippen LogP contribution in [0.2, 0.25) is 0 Å². The van der Waals surface area contributed by atoms with E-state index >= 15 is 0 Å². The molecule has 0 aliphatic rings. The zero-order valence-corrected chi connectivity index (χ0v) is 15.0. The van der Waals surface area contributed by atoms with Gasteiger partial charge in [0.05, 0.1) is 11.8 Å². The maximum absolute atomic E-state index is 12.4. The molecule has 0 amide bonds. The lowest BCUT2D eigenvalue weighted by atomic mass is 10.1. The van der Waals surface area contributed by atoms with Crippen LogP contribution < -0.4 is 4.72 Å². The molecular weight excluding hydrogens is 310 g/mol. The summed E-state index contributed by atoms with van der Waals surface area (Å²) in [7, 11) is 2.49. The van der Waals surface area contributed by atoms with Crippen LogP contribution in [0, 0.1) is 6.92 Å². The fourth-order valence-corrected chi connectivity index (χ4v) is 3.85. The van der Waals surface area contributed by atoms with Crippen molar-refractivity contribution in [2.24, 2.45) is 7.05 Å². The van der Waals surface area contributed by atoms with E-state index in [1.807, 2.05) is 80.1 Å². The van der Waals surface area contributed by atoms with E-state index in [0.29, 0.717) is 6.54 Å². The van der Waals surface area contributed by atoms with E-state index in [-0.39, 0.29) is 11.8 Å². The molecule has 0 aliphatic carbocycles. The number of aryl methyl sites for hydroxylation is 2. The number of hydrogen-bond donors (Lipinski definition) is 1. The molecule has 126 valence electrons. The largest absolute Gasteiger partial charge is 0.353 e. The summed E-state index contributed by atoms with van der Waals surface area (Å²) < 4.78 is 29.6. The monoisotopic (exact) mass is 335 g/mol. The van der Waals surface area contributed by atoms with Gasteiger partial charge >= 0.3 is 0 Å². The normalized spacial score (nSPS) is 13.4. The fourth-order valence-electron chi connectivity index (χ4n) is 2.61. The lowest BCUT2D eigenvalue weighted by molar-refractivity contribution is 0.289. The molecule has 0 aliphatic heterocycles. The van der Waals surface area contributed by atoms with E-state index < -0.39 is 10.0 Å². The highest BCUT2D eigenvalue weighted by molar-refractivity contribution is 7.88. The Morgan fingerprint density at radius 3 is 2.43 bits per heavy atom. The molecule has 23 heavy (non-hydrogen) atoms. The van der Waals surface area contributed by atoms with Crippen molar-refractivity contribution in [3.05, 3.63) is 59.4 Å². The standard InChI is InChI=1S/C17H25N3O2S/c1-14-8-5-6-9-15(14)13-23(21,22)18-12-17(19(2)3)16-10-7-11-20(16)4/h5-11,17-18H,12-13H2,1-4H3. The molecule has 0 radical (unpaired) electrons. The molecule has 5 nitrogen and oxygen atoms in total. The van der Waals surface area contributed by atoms with Crippen molar-refractivity contribution in [2.45, 2.75) is 18.7 Å². The Kier molecular flexibility index (Phi) is 5.62. The molecule has 1 heterocycles. The van der Waals surface area contributed by atoms with Crippen molar-refractivity contribution in [3.63, 3.8) is 0 Å². The van der Waals surface area contributed by atoms with Crippen LogP contribution in [0.1, 0.15) is 22.9 Å². The molecule has 1 N–H and O–H groups in total. The van der Waals surface area contributed by atoms with Gasteiger partial charge in [0.25, 0.3) is 0 Å². The van der Waals surface area contributed by atoms with E-state index in [9.17, 15) is 8.42 Å². The predicted molar refractivity (Wildman–Crippen MR) is 93.6 cm³/mol. The number of aromatic nitrogens is 1. The number of likely N-dealkylation sites (N-methyl/N-ethyl adjacent to an activating group) is 1. The average Bonchev–Trinajstić information content (AvgIpc) is 2.87. The van der Waals surface area contributed by atoms with Crippen LogP contribution in [0.3, 0.4) is 0 Å². The van der Waals surface area contributed by atoms with Gasteiger partial charge in [-0.2, -0.15) is 0 Å². The lowest BCUT2D eigenvalue weighted by Crippen LogP contribution is -2.36. The zero-order chi connectivity index (χ0) is 17.0. The molecule has 1 aromatic carbocycles. The predicted octanol–water partition coefficient (Wildman–Crippen LogP) is 2.06. The molecule has 2 rings (SSSR count). The first-order valence-corrected chi connectivity index (χ1v) is 9.25. The smallest absolute Gasteiger partial charge is 0.215 e. The van der Waals surface area contributed by atoms with Crippen LogP contribution >= 0.6 is 0 Å². The van der Waals surface area contributed by atoms with Crippen LogP contribution in [-0.2, 0) is 22.8 Å². The lowest BCUT2D eigenvalue weighted by Gasteiger charge is -2.25. The summed E-state index contributed by atoms with van der Waals surface area (Å²) in [5.74, 6) is 0.00690. The van der Waals surface area contributed by atoms with E-state index in [0.717, 1.165) is 16.8 Å². The second kappa shape index (κ2) is 7.29. The zero-order valence-electron chi connectivity index (χ0n) is 14.2. The van der Waals surface area contributed by atoms with E-state index in [2.05, 4.69) is 4.72 Å². The summed E-state index contributed by atoms with van der Waals surface area (Å²) in [6.07, 6.45) is 1.97. The minimum absolute atomic E-state index is 0.00690. The number of sulfonamides is 1. The van der Waals surface area contributed by atoms with Crippen LogP contribution in [-0.4, -0.2) is 38.5 Å². The van der Waals surface area contributed by atoms with Gasteiger partial charge in [0.15, 0.2) is 0 Å². The Labute approximate surface area is 139 Å². The highest BCUT2D eigenvalue weighted by atomic mass is 32.2. The first-order valence-electron chi connectivity index (χ1n) is 7.59. The second-order valence-corrected chi connectivity index (χ2v) is 7.86. The molecule has 2 aromatic rings. The third-order valence-electron chi connectivity index (χ3n) is 4.05. The van der Waals surface area contributed by atoms with Gasteiger partial charge in [0, 0.05) is 25.5 Å². The Bertz CT molecular complexity index is 751. The van der Waals surface area contributed by atoms with Crippen molar-refractivity contribution >= 4 is 10.0 Å². The Morgan fingerprint density at radius 2 is 1.87 bits per heavy atom. The van der Waals surface area contributed by atoms with Crippen LogP contribution in [0.4, 0.5) is 0 Å². The van der Waals surface area contributed by atoms with E-state index in [4.69, 9.17) is 0 Å². The van der Waals surface area contributed by atoms with E-state index in [1.165, 1.54) is 0 Å². The number of nitrogens with one attached hydrogen (secondary N) is 1. The topological polar surface area (TPSA) is 54.3 Å². The number of nitrogens with zero attached hydrogens (tertiary/aromatic N) is 2. The number of benzene rings is 1. The minimum atomic E-state index is -3.38. The molecule has 0 saturated heterocycles. The summed E-state index contributed by atoms with van der Waals surface area (Å²) in [5.41, 5.74) is 2.90. The quantitative estimate of drug-likeness (QED) is 0.843. The van der Waals surface area contributed by atoms with Gasteiger partial charge in [-0.15, -0.1) is 0 Å². The van der Waals surface area contributed by atoms with Crippen molar-refractivity contribution in [2.75, 3.05) is 20.6 Å². The number of hydrogen-bond acceptors (Lipinski definition) is 3. The molecule has 0 spiro atoms.